The molecule has 82 valence electrons. The molecular formula is C12H17NOS. The molecule has 0 saturated heterocycles. The van der Waals surface area contributed by atoms with E-state index >= 15 is 0 Å². The molecule has 4 atom stereocenters. The molecule has 3 heteroatoms. The average Bonchev–Trinajstić information content (AvgIpc) is 2.95. The van der Waals surface area contributed by atoms with E-state index in [0.29, 0.717) is 0 Å². The molecule has 0 aliphatic heterocycles. The summed E-state index contributed by atoms with van der Waals surface area (Å²) in [6, 6.07) is 0. The fourth-order valence-corrected chi connectivity index (χ4v) is 4.08. The number of aliphatic hydroxyl groups excluding tert-OH is 1. The number of hydrogen-bond acceptors (Lipinski definition) is 3. The van der Waals surface area contributed by atoms with Gasteiger partial charge in [-0.2, -0.15) is 0 Å². The molecule has 2 fully saturated rings. The summed E-state index contributed by atoms with van der Waals surface area (Å²) < 4.78 is 0. The summed E-state index contributed by atoms with van der Waals surface area (Å²) in [5, 5.41) is 10.1. The Morgan fingerprint density at radius 1 is 1.47 bits per heavy atom. The Morgan fingerprint density at radius 2 is 2.40 bits per heavy atom. The Bertz CT molecular complexity index is 324. The van der Waals surface area contributed by atoms with Crippen LogP contribution in [0.5, 0.6) is 0 Å². The van der Waals surface area contributed by atoms with E-state index in [2.05, 4.69) is 4.98 Å². The first kappa shape index (κ1) is 9.79. The summed E-state index contributed by atoms with van der Waals surface area (Å²) in [7, 11) is 0. The van der Waals surface area contributed by atoms with Gasteiger partial charge in [0.1, 0.15) is 0 Å². The van der Waals surface area contributed by atoms with Crippen molar-refractivity contribution in [2.75, 3.05) is 0 Å². The molecule has 1 aromatic rings. The smallest absolute Gasteiger partial charge is 0.0900 e. The molecule has 2 aliphatic carbocycles. The van der Waals surface area contributed by atoms with Crippen molar-refractivity contribution >= 4 is 11.3 Å². The predicted molar refractivity (Wildman–Crippen MR) is 60.6 cm³/mol. The highest BCUT2D eigenvalue weighted by molar-refractivity contribution is 7.09. The van der Waals surface area contributed by atoms with Crippen molar-refractivity contribution in [3.63, 3.8) is 0 Å². The molecule has 0 aromatic carbocycles. The molecule has 1 N–H and O–H groups in total. The summed E-state index contributed by atoms with van der Waals surface area (Å²) >= 11 is 1.57. The third-order valence-corrected chi connectivity index (χ3v) is 5.07. The van der Waals surface area contributed by atoms with Gasteiger partial charge in [-0.3, -0.25) is 4.98 Å². The van der Waals surface area contributed by atoms with E-state index in [1.165, 1.54) is 25.7 Å². The summed E-state index contributed by atoms with van der Waals surface area (Å²) in [6.45, 7) is 0. The first-order chi connectivity index (χ1) is 7.33. The number of aliphatic hydroxyl groups is 1. The number of rotatable bonds is 3. The minimum absolute atomic E-state index is 0.262. The van der Waals surface area contributed by atoms with Gasteiger partial charge in [-0.05, 0) is 43.4 Å². The summed E-state index contributed by atoms with van der Waals surface area (Å²) in [5.41, 5.74) is 1.80. The molecule has 2 aliphatic rings. The van der Waals surface area contributed by atoms with Crippen molar-refractivity contribution in [3.8, 4) is 0 Å². The van der Waals surface area contributed by atoms with E-state index in [9.17, 15) is 5.11 Å². The monoisotopic (exact) mass is 223 g/mol. The van der Waals surface area contributed by atoms with Crippen molar-refractivity contribution in [3.05, 3.63) is 16.6 Å². The molecule has 2 saturated carbocycles. The van der Waals surface area contributed by atoms with Crippen molar-refractivity contribution in [2.45, 2.75) is 38.2 Å². The van der Waals surface area contributed by atoms with Crippen LogP contribution in [-0.2, 0) is 0 Å². The molecular weight excluding hydrogens is 206 g/mol. The van der Waals surface area contributed by atoms with Gasteiger partial charge >= 0.3 is 0 Å². The highest BCUT2D eigenvalue weighted by Gasteiger charge is 2.40. The van der Waals surface area contributed by atoms with Crippen molar-refractivity contribution in [2.24, 2.45) is 17.8 Å². The molecule has 15 heavy (non-hydrogen) atoms. The van der Waals surface area contributed by atoms with Gasteiger partial charge in [-0.1, -0.05) is 6.42 Å². The van der Waals surface area contributed by atoms with Crippen LogP contribution >= 0.6 is 11.3 Å². The van der Waals surface area contributed by atoms with Gasteiger partial charge in [0.05, 0.1) is 16.5 Å². The molecule has 0 radical (unpaired) electrons. The second-order valence-corrected chi connectivity index (χ2v) is 6.01. The first-order valence-corrected chi connectivity index (χ1v) is 6.77. The largest absolute Gasteiger partial charge is 0.388 e. The normalized spacial score (nSPS) is 35.9. The second-order valence-electron chi connectivity index (χ2n) is 5.09. The van der Waals surface area contributed by atoms with Crippen LogP contribution < -0.4 is 0 Å². The van der Waals surface area contributed by atoms with Gasteiger partial charge in [-0.25, -0.2) is 0 Å². The Balaban J connectivity index is 1.62. The Hall–Kier alpha value is -0.410. The highest BCUT2D eigenvalue weighted by atomic mass is 32.1. The molecule has 2 nitrogen and oxygen atoms in total. The molecule has 4 unspecified atom stereocenters. The lowest BCUT2D eigenvalue weighted by atomic mass is 9.85. The van der Waals surface area contributed by atoms with Crippen LogP contribution in [0.25, 0.3) is 0 Å². The van der Waals surface area contributed by atoms with Gasteiger partial charge in [0, 0.05) is 6.20 Å². The molecule has 1 heterocycles. The van der Waals surface area contributed by atoms with Crippen LogP contribution in [0.3, 0.4) is 0 Å². The van der Waals surface area contributed by atoms with Crippen LogP contribution in [0.1, 0.15) is 43.1 Å². The fraction of sp³-hybridized carbons (Fsp3) is 0.750. The van der Waals surface area contributed by atoms with Gasteiger partial charge < -0.3 is 5.11 Å². The molecule has 3 rings (SSSR count). The van der Waals surface area contributed by atoms with Crippen molar-refractivity contribution in [1.82, 2.24) is 4.98 Å². The van der Waals surface area contributed by atoms with E-state index in [0.717, 1.165) is 29.1 Å². The summed E-state index contributed by atoms with van der Waals surface area (Å²) in [4.78, 5) is 5.06. The van der Waals surface area contributed by atoms with E-state index in [1.54, 1.807) is 16.8 Å². The van der Waals surface area contributed by atoms with Gasteiger partial charge in [0.2, 0.25) is 0 Å². The number of aromatic nitrogens is 1. The van der Waals surface area contributed by atoms with Crippen LogP contribution in [0, 0.1) is 17.8 Å². The van der Waals surface area contributed by atoms with Crippen LogP contribution in [-0.4, -0.2) is 10.1 Å². The maximum absolute atomic E-state index is 10.1. The van der Waals surface area contributed by atoms with E-state index in [4.69, 9.17) is 0 Å². The van der Waals surface area contributed by atoms with Crippen molar-refractivity contribution in [1.29, 1.82) is 0 Å². The molecule has 0 spiro atoms. The van der Waals surface area contributed by atoms with Crippen LogP contribution in [0.2, 0.25) is 0 Å². The fourth-order valence-electron chi connectivity index (χ4n) is 3.46. The lowest BCUT2D eigenvalue weighted by Crippen LogP contribution is -2.13. The number of hydrogen-bond donors (Lipinski definition) is 1. The highest BCUT2D eigenvalue weighted by Crippen LogP contribution is 2.51. The standard InChI is InChI=1S/C12H17NOS/c14-11(12-6-13-7-15-12)5-10-4-8-1-2-9(10)3-8/h6-11,14H,1-5H2. The zero-order valence-electron chi connectivity index (χ0n) is 8.80. The van der Waals surface area contributed by atoms with Gasteiger partial charge in [0.25, 0.3) is 0 Å². The minimum atomic E-state index is -0.262. The van der Waals surface area contributed by atoms with Crippen LogP contribution in [0.15, 0.2) is 11.7 Å². The maximum atomic E-state index is 10.1. The third-order valence-electron chi connectivity index (χ3n) is 4.19. The molecule has 2 bridgehead atoms. The Morgan fingerprint density at radius 3 is 3.00 bits per heavy atom. The van der Waals surface area contributed by atoms with E-state index in [1.807, 2.05) is 6.20 Å². The lowest BCUT2D eigenvalue weighted by molar-refractivity contribution is 0.128. The first-order valence-electron chi connectivity index (χ1n) is 5.89. The number of nitrogens with zero attached hydrogens (tertiary/aromatic N) is 1. The lowest BCUT2D eigenvalue weighted by Gasteiger charge is -2.23. The Labute approximate surface area is 94.4 Å². The summed E-state index contributed by atoms with van der Waals surface area (Å²) in [5.74, 6) is 2.67. The van der Waals surface area contributed by atoms with E-state index in [-0.39, 0.29) is 6.10 Å². The van der Waals surface area contributed by atoms with Crippen LogP contribution in [0.4, 0.5) is 0 Å². The van der Waals surface area contributed by atoms with E-state index < -0.39 is 0 Å². The molecule has 0 amide bonds. The molecule has 1 aromatic heterocycles. The van der Waals surface area contributed by atoms with Gasteiger partial charge in [0.15, 0.2) is 0 Å². The third kappa shape index (κ3) is 1.83. The SMILES string of the molecule is OC(CC1CC2CCC1C2)c1cncs1. The second kappa shape index (κ2) is 3.87. The predicted octanol–water partition coefficient (Wildman–Crippen LogP) is 3.00. The zero-order valence-corrected chi connectivity index (χ0v) is 9.62. The maximum Gasteiger partial charge on any atom is 0.0900 e. The quantitative estimate of drug-likeness (QED) is 0.854. The van der Waals surface area contributed by atoms with Gasteiger partial charge in [-0.15, -0.1) is 11.3 Å². The zero-order chi connectivity index (χ0) is 10.3. The Kier molecular flexibility index (Phi) is 2.53. The topological polar surface area (TPSA) is 33.1 Å². The minimum Gasteiger partial charge on any atom is -0.388 e. The number of fused-ring (bicyclic) bond motifs is 2. The number of thiazole rings is 1. The van der Waals surface area contributed by atoms with Crippen molar-refractivity contribution < 1.29 is 5.11 Å². The summed E-state index contributed by atoms with van der Waals surface area (Å²) in [6.07, 6.45) is 8.15. The average molecular weight is 223 g/mol.